The van der Waals surface area contributed by atoms with Crippen molar-refractivity contribution in [2.45, 2.75) is 32.4 Å². The highest BCUT2D eigenvalue weighted by Crippen LogP contribution is 2.23. The number of piperidine rings is 1. The topological polar surface area (TPSA) is 76.2 Å². The van der Waals surface area contributed by atoms with Gasteiger partial charge < -0.3 is 14.4 Å². The number of hydrogen-bond donors (Lipinski definition) is 1. The number of carbonyl (C=O) groups excluding carboxylic acids is 1. The van der Waals surface area contributed by atoms with Crippen molar-refractivity contribution >= 4 is 5.91 Å². The number of likely N-dealkylation sites (tertiary alicyclic amines) is 1. The van der Waals surface area contributed by atoms with Crippen LogP contribution in [0.1, 0.15) is 40.5 Å². The number of amides is 1. The average Bonchev–Trinajstić information content (AvgIpc) is 3.37. The Kier molecular flexibility index (Phi) is 6.05. The molecule has 0 aliphatic carbocycles. The zero-order chi connectivity index (χ0) is 20.1. The molecule has 1 fully saturated rings. The molecular formula is C22H27N5O2. The lowest BCUT2D eigenvalue weighted by Crippen LogP contribution is -2.33. The van der Waals surface area contributed by atoms with Crippen LogP contribution in [0.4, 0.5) is 0 Å². The van der Waals surface area contributed by atoms with Crippen LogP contribution in [0.25, 0.3) is 0 Å². The number of imidazole rings is 1. The van der Waals surface area contributed by atoms with Gasteiger partial charge in [0, 0.05) is 25.5 Å². The summed E-state index contributed by atoms with van der Waals surface area (Å²) in [6.07, 6.45) is 7.06. The molecule has 0 bridgehead atoms. The van der Waals surface area contributed by atoms with Crippen molar-refractivity contribution < 1.29 is 9.32 Å². The third kappa shape index (κ3) is 5.12. The van der Waals surface area contributed by atoms with Crippen molar-refractivity contribution in [3.05, 3.63) is 71.6 Å². The third-order valence-corrected chi connectivity index (χ3v) is 5.57. The highest BCUT2D eigenvalue weighted by Gasteiger charge is 2.21. The van der Waals surface area contributed by atoms with Crippen LogP contribution >= 0.6 is 0 Å². The van der Waals surface area contributed by atoms with Gasteiger partial charge in [0.05, 0.1) is 13.1 Å². The predicted molar refractivity (Wildman–Crippen MR) is 109 cm³/mol. The lowest BCUT2D eigenvalue weighted by atomic mass is 9.90. The van der Waals surface area contributed by atoms with Gasteiger partial charge in [0.25, 0.3) is 5.91 Å². The molecule has 2 aromatic heterocycles. The molecule has 0 radical (unpaired) electrons. The second kappa shape index (κ2) is 9.05. The Labute approximate surface area is 170 Å². The zero-order valence-electron chi connectivity index (χ0n) is 16.8. The minimum absolute atomic E-state index is 0.246. The SMILES string of the molecule is Cn1ccnc1CNC(=O)c1cc(CN2CCC(Cc3ccccc3)CC2)on1. The zero-order valence-corrected chi connectivity index (χ0v) is 16.8. The largest absolute Gasteiger partial charge is 0.359 e. The van der Waals surface area contributed by atoms with Gasteiger partial charge in [-0.3, -0.25) is 9.69 Å². The highest BCUT2D eigenvalue weighted by molar-refractivity contribution is 5.92. The number of nitrogens with zero attached hydrogens (tertiary/aromatic N) is 4. The van der Waals surface area contributed by atoms with E-state index in [9.17, 15) is 4.79 Å². The molecule has 152 valence electrons. The summed E-state index contributed by atoms with van der Waals surface area (Å²) in [5.41, 5.74) is 1.73. The molecule has 7 nitrogen and oxygen atoms in total. The smallest absolute Gasteiger partial charge is 0.273 e. The predicted octanol–water partition coefficient (Wildman–Crippen LogP) is 2.79. The van der Waals surface area contributed by atoms with Crippen LogP contribution in [0.3, 0.4) is 0 Å². The summed E-state index contributed by atoms with van der Waals surface area (Å²) >= 11 is 0. The van der Waals surface area contributed by atoms with Crippen molar-refractivity contribution in [1.29, 1.82) is 0 Å². The van der Waals surface area contributed by atoms with Crippen molar-refractivity contribution in [1.82, 2.24) is 24.9 Å². The summed E-state index contributed by atoms with van der Waals surface area (Å²) < 4.78 is 7.27. The second-order valence-electron chi connectivity index (χ2n) is 7.72. The number of rotatable bonds is 7. The van der Waals surface area contributed by atoms with Gasteiger partial charge in [-0.15, -0.1) is 0 Å². The second-order valence-corrected chi connectivity index (χ2v) is 7.72. The summed E-state index contributed by atoms with van der Waals surface area (Å²) in [5, 5.41) is 6.76. The molecule has 29 heavy (non-hydrogen) atoms. The van der Waals surface area contributed by atoms with E-state index >= 15 is 0 Å². The van der Waals surface area contributed by atoms with Crippen LogP contribution in [0.2, 0.25) is 0 Å². The first kappa shape index (κ1) is 19.4. The number of carbonyl (C=O) groups is 1. The first-order valence-electron chi connectivity index (χ1n) is 10.1. The van der Waals surface area contributed by atoms with Gasteiger partial charge in [-0.05, 0) is 43.8 Å². The van der Waals surface area contributed by atoms with Gasteiger partial charge in [0.2, 0.25) is 0 Å². The van der Waals surface area contributed by atoms with Crippen LogP contribution < -0.4 is 5.32 Å². The number of aryl methyl sites for hydroxylation is 1. The standard InChI is InChI=1S/C22H27N5O2/c1-26-12-9-23-21(26)15-24-22(28)20-14-19(29-25-20)16-27-10-7-18(8-11-27)13-17-5-3-2-4-6-17/h2-6,9,12,14,18H,7-8,10-11,13,15-16H2,1H3,(H,24,28). The molecule has 1 aliphatic rings. The Morgan fingerprint density at radius 3 is 2.76 bits per heavy atom. The third-order valence-electron chi connectivity index (χ3n) is 5.57. The number of aromatic nitrogens is 3. The lowest BCUT2D eigenvalue weighted by molar-refractivity contribution is 0.0940. The number of hydrogen-bond acceptors (Lipinski definition) is 5. The summed E-state index contributed by atoms with van der Waals surface area (Å²) in [7, 11) is 1.89. The van der Waals surface area contributed by atoms with E-state index in [-0.39, 0.29) is 5.91 Å². The summed E-state index contributed by atoms with van der Waals surface area (Å²) in [6.45, 7) is 3.13. The normalized spacial score (nSPS) is 15.5. The van der Waals surface area contributed by atoms with Gasteiger partial charge in [-0.2, -0.15) is 0 Å². The van der Waals surface area contributed by atoms with E-state index in [1.54, 1.807) is 12.3 Å². The molecule has 7 heteroatoms. The fourth-order valence-corrected chi connectivity index (χ4v) is 3.83. The van der Waals surface area contributed by atoms with Gasteiger partial charge in [0.1, 0.15) is 5.82 Å². The van der Waals surface area contributed by atoms with Crippen molar-refractivity contribution in [3.8, 4) is 0 Å². The molecule has 4 rings (SSSR count). The highest BCUT2D eigenvalue weighted by atomic mass is 16.5. The molecule has 1 amide bonds. The maximum Gasteiger partial charge on any atom is 0.273 e. The van der Waals surface area contributed by atoms with Crippen LogP contribution in [-0.4, -0.2) is 38.6 Å². The fourth-order valence-electron chi connectivity index (χ4n) is 3.83. The maximum absolute atomic E-state index is 12.3. The van der Waals surface area contributed by atoms with E-state index in [2.05, 4.69) is 50.7 Å². The van der Waals surface area contributed by atoms with Crippen molar-refractivity contribution in [2.24, 2.45) is 13.0 Å². The van der Waals surface area contributed by atoms with Crippen LogP contribution in [-0.2, 0) is 26.6 Å². The monoisotopic (exact) mass is 393 g/mol. The molecule has 1 N–H and O–H groups in total. The Morgan fingerprint density at radius 1 is 1.24 bits per heavy atom. The fraction of sp³-hybridized carbons (Fsp3) is 0.409. The first-order chi connectivity index (χ1) is 14.2. The van der Waals surface area contributed by atoms with E-state index in [4.69, 9.17) is 4.52 Å². The van der Waals surface area contributed by atoms with Crippen LogP contribution in [0.15, 0.2) is 53.3 Å². The molecule has 3 aromatic rings. The van der Waals surface area contributed by atoms with E-state index in [0.29, 0.717) is 18.8 Å². The minimum atomic E-state index is -0.246. The van der Waals surface area contributed by atoms with E-state index < -0.39 is 0 Å². The van der Waals surface area contributed by atoms with Gasteiger partial charge in [-0.1, -0.05) is 35.5 Å². The van der Waals surface area contributed by atoms with Crippen molar-refractivity contribution in [2.75, 3.05) is 13.1 Å². The van der Waals surface area contributed by atoms with E-state index in [1.165, 1.54) is 18.4 Å². The van der Waals surface area contributed by atoms with Gasteiger partial charge >= 0.3 is 0 Å². The molecule has 1 aliphatic heterocycles. The Bertz CT molecular complexity index is 926. The van der Waals surface area contributed by atoms with Crippen LogP contribution in [0, 0.1) is 5.92 Å². The molecular weight excluding hydrogens is 366 g/mol. The molecule has 0 atom stereocenters. The van der Waals surface area contributed by atoms with E-state index in [0.717, 1.165) is 37.0 Å². The molecule has 1 aromatic carbocycles. The molecule has 0 saturated carbocycles. The van der Waals surface area contributed by atoms with Crippen LogP contribution in [0.5, 0.6) is 0 Å². The Balaban J connectivity index is 1.23. The van der Waals surface area contributed by atoms with Gasteiger partial charge in [0.15, 0.2) is 11.5 Å². The first-order valence-corrected chi connectivity index (χ1v) is 10.1. The quantitative estimate of drug-likeness (QED) is 0.668. The summed E-state index contributed by atoms with van der Waals surface area (Å²) in [4.78, 5) is 18.9. The summed E-state index contributed by atoms with van der Waals surface area (Å²) in [5.74, 6) is 2.01. The lowest BCUT2D eigenvalue weighted by Gasteiger charge is -2.31. The molecule has 0 unspecified atom stereocenters. The van der Waals surface area contributed by atoms with E-state index in [1.807, 2.05) is 17.8 Å². The molecule has 0 spiro atoms. The van der Waals surface area contributed by atoms with Gasteiger partial charge in [-0.25, -0.2) is 4.98 Å². The average molecular weight is 393 g/mol. The Morgan fingerprint density at radius 2 is 2.03 bits per heavy atom. The maximum atomic E-state index is 12.3. The molecule has 1 saturated heterocycles. The number of nitrogens with one attached hydrogen (secondary N) is 1. The minimum Gasteiger partial charge on any atom is -0.359 e. The number of benzene rings is 1. The Hall–Kier alpha value is -2.93. The summed E-state index contributed by atoms with van der Waals surface area (Å²) in [6, 6.07) is 12.4. The molecule has 3 heterocycles. The van der Waals surface area contributed by atoms with Crippen molar-refractivity contribution in [3.63, 3.8) is 0 Å².